The van der Waals surface area contributed by atoms with Crippen molar-refractivity contribution in [3.8, 4) is 0 Å². The Morgan fingerprint density at radius 2 is 0.644 bits per heavy atom. The lowest BCUT2D eigenvalue weighted by Crippen LogP contribution is -2.26. The van der Waals surface area contributed by atoms with Gasteiger partial charge in [-0.1, -0.05) is 350 Å². The van der Waals surface area contributed by atoms with E-state index in [1.54, 1.807) is 11.1 Å². The lowest BCUT2D eigenvalue weighted by Gasteiger charge is -2.35. The highest BCUT2D eigenvalue weighted by Crippen LogP contribution is 2.45. The van der Waals surface area contributed by atoms with E-state index in [1.165, 1.54) is 149 Å². The van der Waals surface area contributed by atoms with E-state index in [9.17, 15) is 0 Å². The molecule has 0 saturated heterocycles. The maximum Gasteiger partial charge on any atom is 0.0413 e. The first-order chi connectivity index (χ1) is 48.0. The van der Waals surface area contributed by atoms with Crippen molar-refractivity contribution >= 4 is 49.4 Å². The predicted octanol–water partition coefficient (Wildman–Crippen LogP) is 30.5. The van der Waals surface area contributed by atoms with E-state index in [0.29, 0.717) is 0 Å². The summed E-state index contributed by atoms with van der Waals surface area (Å²) in [6, 6.07) is 38.9. The number of nitrogens with one attached hydrogen (secondary N) is 3. The van der Waals surface area contributed by atoms with Crippen LogP contribution in [0.2, 0.25) is 0 Å². The fraction of sp³-hybridized carbons (Fsp3) is 0.590. The SMILES string of the molecule is CC.CC.CC.CC.CC.CC(C)(C)c1cc2c(cc1C(C)(C)C)NCCC2.CC(C)(C)c1cc2ccc3ccccc3c2cc1C(C)(C)C.CC(C)(C)c1cc2ccncc2cc1C(C)(C)C.CC(C)(C)c1ccc2c(c1C(C)(C)C)CCCN2.CC(C)(C)c1ccc2c(c1C(C)(C)C)NCCC2. The number of benzene rings is 7. The van der Waals surface area contributed by atoms with Crippen LogP contribution in [0.5, 0.6) is 0 Å². The second-order valence-corrected chi connectivity index (χ2v) is 38.2. The predicted molar refractivity (Wildman–Crippen MR) is 477 cm³/mol. The largest absolute Gasteiger partial charge is 0.385 e. The van der Waals surface area contributed by atoms with Crippen molar-refractivity contribution in [3.05, 3.63) is 188 Å². The molecule has 0 saturated carbocycles. The number of aromatic nitrogens is 1. The van der Waals surface area contributed by atoms with E-state index in [4.69, 9.17) is 0 Å². The Morgan fingerprint density at radius 1 is 0.269 bits per heavy atom. The highest BCUT2D eigenvalue weighted by Gasteiger charge is 2.34. The Kier molecular flexibility index (Phi) is 34.9. The molecule has 3 aliphatic heterocycles. The molecule has 1 aromatic heterocycles. The Hall–Kier alpha value is -6.13. The van der Waals surface area contributed by atoms with Gasteiger partial charge >= 0.3 is 0 Å². The maximum atomic E-state index is 4.23. The van der Waals surface area contributed by atoms with Crippen LogP contribution in [0.3, 0.4) is 0 Å². The zero-order valence-corrected chi connectivity index (χ0v) is 75.3. The highest BCUT2D eigenvalue weighted by molar-refractivity contribution is 6.08. The topological polar surface area (TPSA) is 49.0 Å². The van der Waals surface area contributed by atoms with Crippen molar-refractivity contribution in [3.63, 3.8) is 0 Å². The van der Waals surface area contributed by atoms with E-state index < -0.39 is 0 Å². The third-order valence-corrected chi connectivity index (χ3v) is 19.3. The average molecular weight is 1420 g/mol. The number of anilines is 3. The lowest BCUT2D eigenvalue weighted by atomic mass is 9.72. The average Bonchev–Trinajstić information content (AvgIpc) is 1.10. The smallest absolute Gasteiger partial charge is 0.0413 e. The first kappa shape index (κ1) is 94.0. The van der Waals surface area contributed by atoms with Gasteiger partial charge in [-0.3, -0.25) is 4.98 Å². The Labute approximate surface area is 643 Å². The summed E-state index contributed by atoms with van der Waals surface area (Å²) < 4.78 is 0. The molecule has 0 unspecified atom stereocenters. The molecule has 0 fully saturated rings. The van der Waals surface area contributed by atoms with Crippen LogP contribution in [0.15, 0.2) is 116 Å². The standard InChI is InChI=1S/C22H26.C17H23N.3C17H27N.5C2H6/c1-21(2,3)19-13-16-12-11-15-9-7-8-10-17(15)18(16)14-20(19)22(4,5)6;1-16(2,3)14-9-12-7-8-18-11-13(12)10-15(14)17(4,5)6;1-16(2,3)13-9-10-14-12(8-7-11-18-14)15(13)17(4,5)6;1-16(2,3)13-10-9-12-8-7-11-18-15(12)14(13)17(4,5)6;1-16(2,3)13-10-12-8-7-9-18-15(12)11-14(13)17(4,5)6;5*1-2/h7-14H,1-6H3;7-11H,1-6H3;2*9-10,18H,7-8,11H2,1-6H3;10-11,18H,7-9H2,1-6H3;5*1-2H3. The van der Waals surface area contributed by atoms with E-state index in [1.807, 2.05) is 81.6 Å². The number of aryl methyl sites for hydroxylation is 2. The molecule has 0 aliphatic carbocycles. The van der Waals surface area contributed by atoms with Crippen molar-refractivity contribution in [2.75, 3.05) is 35.6 Å². The van der Waals surface area contributed by atoms with Crippen molar-refractivity contribution in [2.45, 2.75) is 370 Å². The molecular formula is C100H160N4. The molecule has 104 heavy (non-hydrogen) atoms. The van der Waals surface area contributed by atoms with Crippen LogP contribution in [0.1, 0.15) is 369 Å². The molecule has 11 rings (SSSR count). The number of rotatable bonds is 0. The molecule has 8 aromatic rings. The number of hydrogen-bond acceptors (Lipinski definition) is 4. The van der Waals surface area contributed by atoms with Gasteiger partial charge in [-0.2, -0.15) is 0 Å². The van der Waals surface area contributed by atoms with Crippen molar-refractivity contribution in [1.29, 1.82) is 0 Å². The van der Waals surface area contributed by atoms with Gasteiger partial charge in [0.25, 0.3) is 0 Å². The van der Waals surface area contributed by atoms with Gasteiger partial charge in [-0.15, -0.1) is 0 Å². The molecule has 4 heteroatoms. The first-order valence-corrected chi connectivity index (χ1v) is 41.1. The number of pyridine rings is 1. The van der Waals surface area contributed by atoms with E-state index in [0.717, 1.165) is 19.6 Å². The summed E-state index contributed by atoms with van der Waals surface area (Å²) in [5.41, 5.74) is 25.5. The number of fused-ring (bicyclic) bond motifs is 7. The summed E-state index contributed by atoms with van der Waals surface area (Å²) in [7, 11) is 0. The van der Waals surface area contributed by atoms with Crippen molar-refractivity contribution < 1.29 is 0 Å². The van der Waals surface area contributed by atoms with Gasteiger partial charge in [0.15, 0.2) is 0 Å². The van der Waals surface area contributed by atoms with Crippen molar-refractivity contribution in [1.82, 2.24) is 4.98 Å². The van der Waals surface area contributed by atoms with E-state index in [2.05, 4.69) is 332 Å². The second-order valence-electron chi connectivity index (χ2n) is 38.2. The minimum absolute atomic E-state index is 0.147. The Balaban J connectivity index is 0.000000429. The van der Waals surface area contributed by atoms with E-state index >= 15 is 0 Å². The summed E-state index contributed by atoms with van der Waals surface area (Å²) in [5, 5.41) is 18.7. The van der Waals surface area contributed by atoms with Gasteiger partial charge in [-0.05, 0) is 222 Å². The fourth-order valence-electron chi connectivity index (χ4n) is 14.4. The summed E-state index contributed by atoms with van der Waals surface area (Å²) >= 11 is 0. The summed E-state index contributed by atoms with van der Waals surface area (Å²) in [5.74, 6) is 0. The molecule has 580 valence electrons. The van der Waals surface area contributed by atoms with Crippen LogP contribution >= 0.6 is 0 Å². The van der Waals surface area contributed by atoms with Crippen LogP contribution in [0.25, 0.3) is 32.3 Å². The van der Waals surface area contributed by atoms with Crippen molar-refractivity contribution in [2.24, 2.45) is 0 Å². The summed E-state index contributed by atoms with van der Waals surface area (Å²) in [4.78, 5) is 4.23. The van der Waals surface area contributed by atoms with Gasteiger partial charge in [0, 0.05) is 54.5 Å². The van der Waals surface area contributed by atoms with Gasteiger partial charge in [0.05, 0.1) is 0 Å². The number of hydrogen-bond donors (Lipinski definition) is 3. The molecule has 3 aliphatic rings. The van der Waals surface area contributed by atoms with Crippen LogP contribution in [0, 0.1) is 0 Å². The minimum atomic E-state index is 0.147. The third-order valence-electron chi connectivity index (χ3n) is 19.3. The van der Waals surface area contributed by atoms with Gasteiger partial charge in [0.1, 0.15) is 0 Å². The van der Waals surface area contributed by atoms with E-state index in [-0.39, 0.29) is 54.1 Å². The first-order valence-electron chi connectivity index (χ1n) is 41.1. The van der Waals surface area contributed by atoms with Gasteiger partial charge in [0.2, 0.25) is 0 Å². The molecule has 7 aromatic carbocycles. The monoisotopic (exact) mass is 1420 g/mol. The molecule has 0 radical (unpaired) electrons. The summed E-state index contributed by atoms with van der Waals surface area (Å²) in [6.45, 7) is 92.7. The molecule has 4 nitrogen and oxygen atoms in total. The zero-order valence-electron chi connectivity index (χ0n) is 75.3. The quantitative estimate of drug-likeness (QED) is 0.132. The number of nitrogens with zero attached hydrogens (tertiary/aromatic N) is 1. The van der Waals surface area contributed by atoms with Gasteiger partial charge < -0.3 is 16.0 Å². The highest BCUT2D eigenvalue weighted by atomic mass is 14.9. The van der Waals surface area contributed by atoms with Gasteiger partial charge in [-0.25, -0.2) is 0 Å². The second kappa shape index (κ2) is 38.6. The Morgan fingerprint density at radius 3 is 1.12 bits per heavy atom. The van der Waals surface area contributed by atoms with Crippen LogP contribution in [0.4, 0.5) is 17.1 Å². The maximum absolute atomic E-state index is 4.23. The lowest BCUT2D eigenvalue weighted by molar-refractivity contribution is 0.523. The molecule has 0 atom stereocenters. The molecule has 3 N–H and O–H groups in total. The normalized spacial score (nSPS) is 13.7. The minimum Gasteiger partial charge on any atom is -0.385 e. The third kappa shape index (κ3) is 25.5. The molecular weight excluding hydrogens is 1260 g/mol. The summed E-state index contributed by atoms with van der Waals surface area (Å²) in [6.07, 6.45) is 11.2. The molecule has 0 bridgehead atoms. The van der Waals surface area contributed by atoms with Crippen LogP contribution in [-0.2, 0) is 73.4 Å². The Bertz CT molecular complexity index is 3710. The molecule has 0 amide bonds. The fourth-order valence-corrected chi connectivity index (χ4v) is 14.4. The molecule has 0 spiro atoms. The van der Waals surface area contributed by atoms with Crippen LogP contribution in [-0.4, -0.2) is 24.6 Å². The molecule has 4 heterocycles. The van der Waals surface area contributed by atoms with Crippen LogP contribution < -0.4 is 16.0 Å². The zero-order chi connectivity index (χ0) is 80.3.